The van der Waals surface area contributed by atoms with Gasteiger partial charge in [-0.3, -0.25) is 9.59 Å². The van der Waals surface area contributed by atoms with Crippen LogP contribution in [0.15, 0.2) is 40.3 Å². The minimum atomic E-state index is -0.0236. The molecule has 0 aromatic carbocycles. The van der Waals surface area contributed by atoms with Crippen LogP contribution in [0.4, 0.5) is 0 Å². The van der Waals surface area contributed by atoms with Crippen molar-refractivity contribution in [2.45, 2.75) is 47.0 Å². The molecule has 0 atom stereocenters. The summed E-state index contributed by atoms with van der Waals surface area (Å²) in [5.41, 5.74) is 3.81. The van der Waals surface area contributed by atoms with E-state index in [1.54, 1.807) is 18.3 Å². The van der Waals surface area contributed by atoms with Gasteiger partial charge < -0.3 is 4.74 Å². The smallest absolute Gasteiger partial charge is 0.225 e. The second-order valence-corrected chi connectivity index (χ2v) is 17.7. The summed E-state index contributed by atoms with van der Waals surface area (Å²) in [6.45, 7) is 8.56. The van der Waals surface area contributed by atoms with Crippen molar-refractivity contribution in [3.05, 3.63) is 61.2 Å². The average molecular weight is 681 g/mol. The highest BCUT2D eigenvalue weighted by atomic mass is 32.2. The fraction of sp³-hybridized carbons (Fsp3) is 0.250. The summed E-state index contributed by atoms with van der Waals surface area (Å²) in [5.74, 6) is 2.79. The summed E-state index contributed by atoms with van der Waals surface area (Å²) in [7, 11) is 0. The molecular formula is C32H24O3S7. The number of thioether (sulfide) groups is 2. The molecule has 0 amide bonds. The van der Waals surface area contributed by atoms with E-state index in [0.717, 1.165) is 33.1 Å². The van der Waals surface area contributed by atoms with Crippen LogP contribution in [0.1, 0.15) is 48.1 Å². The predicted molar refractivity (Wildman–Crippen MR) is 188 cm³/mol. The Morgan fingerprint density at radius 1 is 0.738 bits per heavy atom. The van der Waals surface area contributed by atoms with E-state index in [4.69, 9.17) is 4.74 Å². The molecule has 7 heterocycles. The Morgan fingerprint density at radius 3 is 2.10 bits per heavy atom. The Kier molecular flexibility index (Phi) is 7.80. The summed E-state index contributed by atoms with van der Waals surface area (Å²) in [6.07, 6.45) is 5.67. The van der Waals surface area contributed by atoms with Crippen LogP contribution < -0.4 is 0 Å². The Labute approximate surface area is 272 Å². The number of fused-ring (bicyclic) bond motifs is 4. The van der Waals surface area contributed by atoms with Crippen LogP contribution in [0.25, 0.3) is 43.2 Å². The van der Waals surface area contributed by atoms with Gasteiger partial charge in [-0.2, -0.15) is 0 Å². The van der Waals surface area contributed by atoms with E-state index >= 15 is 0 Å². The van der Waals surface area contributed by atoms with Gasteiger partial charge in [0.2, 0.25) is 10.2 Å². The molecule has 0 aliphatic carbocycles. The first-order chi connectivity index (χ1) is 20.4. The van der Waals surface area contributed by atoms with E-state index in [1.165, 1.54) is 72.3 Å². The summed E-state index contributed by atoms with van der Waals surface area (Å²) in [6, 6.07) is 9.21. The highest BCUT2D eigenvalue weighted by Crippen LogP contribution is 2.55. The Hall–Kier alpha value is -2.10. The third kappa shape index (κ3) is 4.87. The second-order valence-electron chi connectivity index (χ2n) is 10.0. The maximum Gasteiger partial charge on any atom is 0.225 e. The Balaban J connectivity index is 1.31. The molecule has 3 nitrogen and oxygen atoms in total. The monoisotopic (exact) mass is 680 g/mol. The lowest BCUT2D eigenvalue weighted by Crippen LogP contribution is -1.95. The van der Waals surface area contributed by atoms with E-state index in [-0.39, 0.29) is 10.2 Å². The second kappa shape index (κ2) is 11.4. The lowest BCUT2D eigenvalue weighted by Gasteiger charge is -2.00. The van der Waals surface area contributed by atoms with Crippen molar-refractivity contribution in [2.75, 3.05) is 6.61 Å². The van der Waals surface area contributed by atoms with E-state index in [9.17, 15) is 9.59 Å². The number of aryl methyl sites for hydroxylation is 2. The van der Waals surface area contributed by atoms with Gasteiger partial charge in [0.25, 0.3) is 0 Å². The summed E-state index contributed by atoms with van der Waals surface area (Å²) in [5, 5.41) is -0.0473. The molecule has 5 aromatic heterocycles. The van der Waals surface area contributed by atoms with Crippen LogP contribution in [-0.4, -0.2) is 16.8 Å². The first-order valence-corrected chi connectivity index (χ1v) is 19.2. The number of hydrogen-bond donors (Lipinski definition) is 0. The van der Waals surface area contributed by atoms with E-state index in [1.807, 2.05) is 52.3 Å². The molecule has 0 radical (unpaired) electrons. The van der Waals surface area contributed by atoms with Gasteiger partial charge in [0.15, 0.2) is 0 Å². The third-order valence-electron chi connectivity index (χ3n) is 7.08. The molecule has 212 valence electrons. The highest BCUT2D eigenvalue weighted by molar-refractivity contribution is 8.24. The van der Waals surface area contributed by atoms with E-state index in [0.29, 0.717) is 24.2 Å². The Bertz CT molecular complexity index is 2060. The number of allylic oxidation sites excluding steroid dienone is 1. The van der Waals surface area contributed by atoms with Crippen LogP contribution in [0, 0.1) is 19.0 Å². The number of carbonyl (C=O) groups is 2. The molecule has 2 aliphatic rings. The molecule has 5 aromatic rings. The van der Waals surface area contributed by atoms with Crippen LogP contribution in [-0.2, 0) is 27.2 Å². The van der Waals surface area contributed by atoms with Gasteiger partial charge in [-0.15, -0.1) is 56.7 Å². The lowest BCUT2D eigenvalue weighted by atomic mass is 10.1. The lowest BCUT2D eigenvalue weighted by molar-refractivity contribution is -0.109. The van der Waals surface area contributed by atoms with Crippen molar-refractivity contribution >= 4 is 114 Å². The largest absolute Gasteiger partial charge is 0.446 e. The molecule has 0 bridgehead atoms. The fourth-order valence-corrected chi connectivity index (χ4v) is 14.1. The third-order valence-corrected chi connectivity index (χ3v) is 15.6. The molecule has 10 heteroatoms. The Morgan fingerprint density at radius 2 is 1.40 bits per heavy atom. The molecule has 0 saturated carbocycles. The number of rotatable bonds is 8. The van der Waals surface area contributed by atoms with Gasteiger partial charge >= 0.3 is 0 Å². The summed E-state index contributed by atoms with van der Waals surface area (Å²) < 4.78 is 10.9. The molecule has 7 rings (SSSR count). The highest BCUT2D eigenvalue weighted by Gasteiger charge is 2.41. The fourth-order valence-electron chi connectivity index (χ4n) is 5.35. The van der Waals surface area contributed by atoms with Crippen LogP contribution in [0.2, 0.25) is 0 Å². The zero-order valence-electron chi connectivity index (χ0n) is 23.2. The molecule has 0 saturated heterocycles. The molecule has 0 unspecified atom stereocenters. The van der Waals surface area contributed by atoms with Crippen molar-refractivity contribution in [2.24, 2.45) is 0 Å². The molecule has 0 fully saturated rings. The first-order valence-electron chi connectivity index (χ1n) is 13.5. The van der Waals surface area contributed by atoms with Gasteiger partial charge in [0.05, 0.1) is 20.5 Å². The first kappa shape index (κ1) is 28.7. The van der Waals surface area contributed by atoms with Crippen molar-refractivity contribution < 1.29 is 14.3 Å². The topological polar surface area (TPSA) is 43.4 Å². The number of carbonyl (C=O) groups excluding carboxylic acids is 2. The van der Waals surface area contributed by atoms with Crippen LogP contribution in [0.5, 0.6) is 0 Å². The maximum absolute atomic E-state index is 12.8. The summed E-state index contributed by atoms with van der Waals surface area (Å²) in [4.78, 5) is 34.9. The standard InChI is InChI=1S/C32H24O3S7/c1-5-7-17-11-15(3)36-26(17)20-13-22-29(40-20)30-23(38-22)14-21(41-30)27-18(8-10-35-9-6-2)12-19(39-27)28-25-24(31(33)42-28)16(4)37-32(25)34/h11-14H,5,7-8,10H2,1-4H3. The van der Waals surface area contributed by atoms with Crippen molar-refractivity contribution in [3.63, 3.8) is 0 Å². The number of thiophene rings is 5. The van der Waals surface area contributed by atoms with Gasteiger partial charge in [-0.1, -0.05) is 31.0 Å². The van der Waals surface area contributed by atoms with Crippen molar-refractivity contribution in [1.82, 2.24) is 0 Å². The average Bonchev–Trinajstić information content (AvgIpc) is 3.77. The van der Waals surface area contributed by atoms with E-state index in [2.05, 4.69) is 50.1 Å². The van der Waals surface area contributed by atoms with Crippen LogP contribution in [0.3, 0.4) is 0 Å². The quantitative estimate of drug-likeness (QED) is 0.121. The van der Waals surface area contributed by atoms with Gasteiger partial charge in [0, 0.05) is 61.8 Å². The zero-order chi connectivity index (χ0) is 29.1. The van der Waals surface area contributed by atoms with Crippen LogP contribution >= 0.6 is 80.2 Å². The number of hydrogen-bond acceptors (Lipinski definition) is 10. The minimum Gasteiger partial charge on any atom is -0.446 e. The van der Waals surface area contributed by atoms with Gasteiger partial charge in [-0.05, 0) is 67.4 Å². The van der Waals surface area contributed by atoms with Gasteiger partial charge in [0.1, 0.15) is 12.7 Å². The zero-order valence-corrected chi connectivity index (χ0v) is 28.9. The van der Waals surface area contributed by atoms with E-state index < -0.39 is 0 Å². The predicted octanol–water partition coefficient (Wildman–Crippen LogP) is 11.0. The maximum atomic E-state index is 12.8. The summed E-state index contributed by atoms with van der Waals surface area (Å²) >= 11 is 11.6. The van der Waals surface area contributed by atoms with Crippen molar-refractivity contribution in [3.8, 4) is 31.5 Å². The normalized spacial score (nSPS) is 15.0. The molecular weight excluding hydrogens is 657 g/mol. The SMILES string of the molecule is CC#COCCc1cc(C2=C3C(=O)SC(C)=C3C(=O)S2)sc1-c1cc2sc3cc(-c4sc(C)cc4CCC)sc3c2s1. The van der Waals surface area contributed by atoms with Crippen molar-refractivity contribution in [1.29, 1.82) is 0 Å². The number of ether oxygens (including phenoxy) is 1. The van der Waals surface area contributed by atoms with Gasteiger partial charge in [-0.25, -0.2) is 0 Å². The molecule has 0 spiro atoms. The molecule has 42 heavy (non-hydrogen) atoms. The molecule has 2 aliphatic heterocycles. The molecule has 0 N–H and O–H groups in total. The minimum absolute atomic E-state index is 0.0236.